The zero-order chi connectivity index (χ0) is 23.1. The average Bonchev–Trinajstić information content (AvgIpc) is 3.07. The molecule has 34 heavy (non-hydrogen) atoms. The monoisotopic (exact) mass is 493 g/mol. The summed E-state index contributed by atoms with van der Waals surface area (Å²) in [6.07, 6.45) is 1.42. The molecule has 0 amide bonds. The number of fused-ring (bicyclic) bond motifs is 2. The summed E-state index contributed by atoms with van der Waals surface area (Å²) in [6.45, 7) is 8.56. The predicted octanol–water partition coefficient (Wildman–Crippen LogP) is 6.93. The molecule has 1 aliphatic heterocycles. The highest BCUT2D eigenvalue weighted by Crippen LogP contribution is 2.35. The fourth-order valence-corrected chi connectivity index (χ4v) is 5.09. The average molecular weight is 494 g/mol. The summed E-state index contributed by atoms with van der Waals surface area (Å²) < 4.78 is 2.33. The molecule has 0 radical (unpaired) electrons. The van der Waals surface area contributed by atoms with Crippen LogP contribution in [0.25, 0.3) is 10.9 Å². The summed E-state index contributed by atoms with van der Waals surface area (Å²) in [7, 11) is 0. The van der Waals surface area contributed by atoms with E-state index in [9.17, 15) is 4.79 Å². The standard InChI is InChI=1S/C28H28ClN3O.ClH/c1-4-26(33)25-15-24-18(2)19(3)32(16-20-8-7-11-23(29)14-20)27(24)28(30-25)31-13-12-21-9-5-6-10-22(21)17-31;/h5-11,14-15H,4,12-13,16-17H2,1-3H3;1H. The third-order valence-corrected chi connectivity index (χ3v) is 7.10. The van der Waals surface area contributed by atoms with E-state index in [1.54, 1.807) is 0 Å². The smallest absolute Gasteiger partial charge is 0.181 e. The van der Waals surface area contributed by atoms with E-state index in [1.165, 1.54) is 22.4 Å². The molecule has 0 unspecified atom stereocenters. The van der Waals surface area contributed by atoms with Crippen molar-refractivity contribution in [1.29, 1.82) is 0 Å². The molecule has 2 aromatic heterocycles. The lowest BCUT2D eigenvalue weighted by atomic mass is 9.99. The van der Waals surface area contributed by atoms with E-state index in [0.29, 0.717) is 18.7 Å². The van der Waals surface area contributed by atoms with Crippen LogP contribution in [0.3, 0.4) is 0 Å². The number of nitrogens with zero attached hydrogens (tertiary/aromatic N) is 3. The lowest BCUT2D eigenvalue weighted by Gasteiger charge is -2.31. The Morgan fingerprint density at radius 2 is 1.82 bits per heavy atom. The lowest BCUT2D eigenvalue weighted by Crippen LogP contribution is -2.32. The Hall–Kier alpha value is -2.82. The molecule has 0 spiro atoms. The van der Waals surface area contributed by atoms with Crippen LogP contribution in [0.15, 0.2) is 54.6 Å². The van der Waals surface area contributed by atoms with Gasteiger partial charge in [-0.15, -0.1) is 12.4 Å². The van der Waals surface area contributed by atoms with Gasteiger partial charge in [0, 0.05) is 42.2 Å². The van der Waals surface area contributed by atoms with Crippen molar-refractivity contribution >= 4 is 46.5 Å². The normalized spacial score (nSPS) is 13.0. The minimum Gasteiger partial charge on any atom is -0.350 e. The molecule has 0 saturated carbocycles. The number of benzene rings is 2. The van der Waals surface area contributed by atoms with Gasteiger partial charge in [-0.1, -0.05) is 54.9 Å². The molecule has 0 bridgehead atoms. The van der Waals surface area contributed by atoms with Crippen molar-refractivity contribution in [2.75, 3.05) is 11.4 Å². The van der Waals surface area contributed by atoms with Gasteiger partial charge in [0.1, 0.15) is 5.69 Å². The van der Waals surface area contributed by atoms with E-state index in [0.717, 1.165) is 46.8 Å². The molecule has 2 aromatic carbocycles. The van der Waals surface area contributed by atoms with Crippen LogP contribution in [-0.4, -0.2) is 21.9 Å². The van der Waals surface area contributed by atoms with Crippen LogP contribution in [-0.2, 0) is 19.5 Å². The number of anilines is 1. The molecule has 0 atom stereocenters. The van der Waals surface area contributed by atoms with Crippen molar-refractivity contribution < 1.29 is 4.79 Å². The van der Waals surface area contributed by atoms with Crippen LogP contribution in [0.5, 0.6) is 0 Å². The number of hydrogen-bond acceptors (Lipinski definition) is 3. The lowest BCUT2D eigenvalue weighted by molar-refractivity contribution is 0.0983. The number of rotatable bonds is 5. The first-order valence-electron chi connectivity index (χ1n) is 11.6. The van der Waals surface area contributed by atoms with E-state index in [2.05, 4.69) is 53.6 Å². The third-order valence-electron chi connectivity index (χ3n) is 6.86. The molecule has 4 nitrogen and oxygen atoms in total. The van der Waals surface area contributed by atoms with Gasteiger partial charge in [0.05, 0.1) is 5.52 Å². The summed E-state index contributed by atoms with van der Waals surface area (Å²) >= 11 is 6.28. The maximum atomic E-state index is 12.7. The first kappa shape index (κ1) is 24.3. The number of Topliss-reactive ketones (excluding diaryl/α,β-unsaturated/α-hetero) is 1. The first-order valence-corrected chi connectivity index (χ1v) is 11.9. The fraction of sp³-hybridized carbons (Fsp3) is 0.286. The predicted molar refractivity (Wildman–Crippen MR) is 143 cm³/mol. The van der Waals surface area contributed by atoms with Crippen molar-refractivity contribution in [3.05, 3.63) is 93.3 Å². The summed E-state index contributed by atoms with van der Waals surface area (Å²) in [5.74, 6) is 0.979. The van der Waals surface area contributed by atoms with Crippen LogP contribution < -0.4 is 4.90 Å². The van der Waals surface area contributed by atoms with E-state index >= 15 is 0 Å². The molecular formula is C28H29Cl2N3O. The number of carbonyl (C=O) groups is 1. The second-order valence-corrected chi connectivity index (χ2v) is 9.31. The van der Waals surface area contributed by atoms with Crippen LogP contribution in [0.2, 0.25) is 5.02 Å². The maximum absolute atomic E-state index is 12.7. The molecule has 0 saturated heterocycles. The summed E-state index contributed by atoms with van der Waals surface area (Å²) in [6, 6.07) is 18.6. The molecule has 0 aliphatic carbocycles. The number of carbonyl (C=O) groups excluding carboxylic acids is 1. The zero-order valence-corrected chi connectivity index (χ0v) is 21.3. The van der Waals surface area contributed by atoms with Gasteiger partial charge in [-0.25, -0.2) is 4.98 Å². The van der Waals surface area contributed by atoms with E-state index < -0.39 is 0 Å². The van der Waals surface area contributed by atoms with Gasteiger partial charge < -0.3 is 9.47 Å². The summed E-state index contributed by atoms with van der Waals surface area (Å²) in [4.78, 5) is 20.0. The summed E-state index contributed by atoms with van der Waals surface area (Å²) in [5, 5.41) is 1.84. The number of aryl methyl sites for hydroxylation is 1. The van der Waals surface area contributed by atoms with Gasteiger partial charge in [-0.2, -0.15) is 0 Å². The molecule has 176 valence electrons. The van der Waals surface area contributed by atoms with E-state index in [1.807, 2.05) is 31.2 Å². The van der Waals surface area contributed by atoms with Crippen molar-refractivity contribution in [1.82, 2.24) is 9.55 Å². The maximum Gasteiger partial charge on any atom is 0.181 e. The van der Waals surface area contributed by atoms with Gasteiger partial charge in [-0.05, 0) is 60.7 Å². The second-order valence-electron chi connectivity index (χ2n) is 8.87. The van der Waals surface area contributed by atoms with Crippen LogP contribution in [0.4, 0.5) is 5.82 Å². The molecule has 3 heterocycles. The van der Waals surface area contributed by atoms with Crippen LogP contribution in [0, 0.1) is 13.8 Å². The molecule has 0 fully saturated rings. The van der Waals surface area contributed by atoms with Crippen molar-refractivity contribution in [2.45, 2.75) is 46.7 Å². The highest BCUT2D eigenvalue weighted by molar-refractivity contribution is 6.30. The van der Waals surface area contributed by atoms with Gasteiger partial charge >= 0.3 is 0 Å². The van der Waals surface area contributed by atoms with Crippen molar-refractivity contribution in [2.24, 2.45) is 0 Å². The Morgan fingerprint density at radius 1 is 1.06 bits per heavy atom. The number of hydrogen-bond donors (Lipinski definition) is 0. The Morgan fingerprint density at radius 3 is 2.56 bits per heavy atom. The highest BCUT2D eigenvalue weighted by Gasteiger charge is 2.25. The quantitative estimate of drug-likeness (QED) is 0.282. The van der Waals surface area contributed by atoms with Crippen molar-refractivity contribution in [3.8, 4) is 0 Å². The first-order chi connectivity index (χ1) is 16.0. The van der Waals surface area contributed by atoms with E-state index in [-0.39, 0.29) is 18.2 Å². The Balaban J connectivity index is 0.00000274. The zero-order valence-electron chi connectivity index (χ0n) is 19.8. The molecule has 4 aromatic rings. The minimum absolute atomic E-state index is 0. The Bertz CT molecular complexity index is 1380. The topological polar surface area (TPSA) is 38.1 Å². The number of halogens is 2. The van der Waals surface area contributed by atoms with Crippen molar-refractivity contribution in [3.63, 3.8) is 0 Å². The minimum atomic E-state index is 0. The molecule has 6 heteroatoms. The Labute approximate surface area is 212 Å². The van der Waals surface area contributed by atoms with Crippen LogP contribution in [0.1, 0.15) is 51.8 Å². The third kappa shape index (κ3) is 4.33. The van der Waals surface area contributed by atoms with Crippen LogP contribution >= 0.6 is 24.0 Å². The van der Waals surface area contributed by atoms with Gasteiger partial charge in [0.15, 0.2) is 11.6 Å². The van der Waals surface area contributed by atoms with E-state index in [4.69, 9.17) is 16.6 Å². The largest absolute Gasteiger partial charge is 0.350 e. The van der Waals surface area contributed by atoms with Gasteiger partial charge in [0.25, 0.3) is 0 Å². The highest BCUT2D eigenvalue weighted by atomic mass is 35.5. The van der Waals surface area contributed by atoms with Gasteiger partial charge in [0.2, 0.25) is 0 Å². The number of ketones is 1. The number of aromatic nitrogens is 2. The second kappa shape index (κ2) is 9.81. The fourth-order valence-electron chi connectivity index (χ4n) is 4.88. The Kier molecular flexibility index (Phi) is 7.01. The molecule has 1 aliphatic rings. The number of pyridine rings is 1. The summed E-state index contributed by atoms with van der Waals surface area (Å²) in [5.41, 5.74) is 7.90. The molecule has 0 N–H and O–H groups in total. The van der Waals surface area contributed by atoms with Gasteiger partial charge in [-0.3, -0.25) is 4.79 Å². The molecule has 5 rings (SSSR count). The molecular weight excluding hydrogens is 465 g/mol. The SMILES string of the molecule is CCC(=O)c1cc2c(C)c(C)n(Cc3cccc(Cl)c3)c2c(N2CCc3ccccc3C2)n1.Cl.